The average Bonchev–Trinajstić information content (AvgIpc) is 3.29. The molecule has 1 spiro atoms. The average molecular weight is 367 g/mol. The monoisotopic (exact) mass is 367 g/mol. The highest BCUT2D eigenvalue weighted by Crippen LogP contribution is 2.44. The maximum Gasteiger partial charge on any atom is 0.307 e. The number of rotatable bonds is 5. The summed E-state index contributed by atoms with van der Waals surface area (Å²) in [6.45, 7) is 1.10. The van der Waals surface area contributed by atoms with Crippen molar-refractivity contribution in [3.63, 3.8) is 0 Å². The predicted molar refractivity (Wildman–Crippen MR) is 99.6 cm³/mol. The van der Waals surface area contributed by atoms with Crippen LogP contribution in [0.4, 0.5) is 0 Å². The molecular weight excluding hydrogens is 342 g/mol. The molecule has 0 radical (unpaired) electrons. The van der Waals surface area contributed by atoms with Crippen molar-refractivity contribution >= 4 is 11.9 Å². The molecule has 2 aromatic rings. The number of ether oxygens (including phenoxy) is 1. The summed E-state index contributed by atoms with van der Waals surface area (Å²) in [5.41, 5.74) is 1.60. The van der Waals surface area contributed by atoms with Gasteiger partial charge in [-0.25, -0.2) is 0 Å². The number of esters is 1. The molecule has 0 unspecified atom stereocenters. The minimum absolute atomic E-state index is 0.0726. The highest BCUT2D eigenvalue weighted by Gasteiger charge is 2.52. The molecule has 1 saturated carbocycles. The molecule has 2 fully saturated rings. The Balaban J connectivity index is 1.44. The Hall–Kier alpha value is -2.63. The largest absolute Gasteiger partial charge is 0.458 e. The minimum atomic E-state index is -0.575. The van der Waals surface area contributed by atoms with Crippen LogP contribution < -0.4 is 5.32 Å². The minimum Gasteiger partial charge on any atom is -0.458 e. The standard InChI is InChI=1S/C21H25N3O3/c25-19-13-18(21(27-19)9-4-1-5-10-21)20(26)22-14-16-7-2-3-8-17(16)15-24-12-6-11-23-24/h2-3,6-8,11-12,18H,1,4-5,9-10,13-15H2,(H,22,26)/t18-/m0/s1. The van der Waals surface area contributed by atoms with E-state index in [0.717, 1.165) is 43.2 Å². The van der Waals surface area contributed by atoms with E-state index in [-0.39, 0.29) is 24.2 Å². The highest BCUT2D eigenvalue weighted by molar-refractivity contribution is 5.87. The van der Waals surface area contributed by atoms with Crippen LogP contribution in [0, 0.1) is 5.92 Å². The fourth-order valence-corrected chi connectivity index (χ4v) is 4.38. The molecule has 1 aromatic carbocycles. The van der Waals surface area contributed by atoms with Gasteiger partial charge in [-0.15, -0.1) is 0 Å². The van der Waals surface area contributed by atoms with Crippen molar-refractivity contribution in [3.8, 4) is 0 Å². The van der Waals surface area contributed by atoms with Gasteiger partial charge in [-0.2, -0.15) is 5.10 Å². The van der Waals surface area contributed by atoms with E-state index in [0.29, 0.717) is 13.1 Å². The Kier molecular flexibility index (Phi) is 4.97. The molecule has 1 N–H and O–H groups in total. The number of carbonyl (C=O) groups excluding carboxylic acids is 2. The maximum atomic E-state index is 12.9. The van der Waals surface area contributed by atoms with Crippen LogP contribution in [0.15, 0.2) is 42.7 Å². The van der Waals surface area contributed by atoms with E-state index in [1.807, 2.05) is 41.2 Å². The zero-order valence-electron chi connectivity index (χ0n) is 15.4. The van der Waals surface area contributed by atoms with Crippen LogP contribution in [-0.2, 0) is 27.4 Å². The lowest BCUT2D eigenvalue weighted by Gasteiger charge is -2.36. The molecule has 1 aliphatic carbocycles. The lowest BCUT2D eigenvalue weighted by atomic mass is 9.75. The van der Waals surface area contributed by atoms with Crippen LogP contribution >= 0.6 is 0 Å². The van der Waals surface area contributed by atoms with Crippen LogP contribution in [0.3, 0.4) is 0 Å². The first-order valence-electron chi connectivity index (χ1n) is 9.70. The van der Waals surface area contributed by atoms with Gasteiger partial charge in [0.1, 0.15) is 5.60 Å². The van der Waals surface area contributed by atoms with Crippen molar-refractivity contribution in [2.45, 2.75) is 57.2 Å². The molecule has 142 valence electrons. The van der Waals surface area contributed by atoms with Crippen molar-refractivity contribution in [2.24, 2.45) is 5.92 Å². The fourth-order valence-electron chi connectivity index (χ4n) is 4.38. The summed E-state index contributed by atoms with van der Waals surface area (Å²) in [5.74, 6) is -0.684. The molecule has 1 saturated heterocycles. The molecule has 4 rings (SSSR count). The number of amides is 1. The van der Waals surface area contributed by atoms with Gasteiger partial charge in [0.05, 0.1) is 18.9 Å². The van der Waals surface area contributed by atoms with E-state index in [2.05, 4.69) is 10.4 Å². The van der Waals surface area contributed by atoms with Gasteiger partial charge in [0.25, 0.3) is 0 Å². The molecule has 6 nitrogen and oxygen atoms in total. The zero-order chi connectivity index (χ0) is 18.7. The third-order valence-corrected chi connectivity index (χ3v) is 5.80. The van der Waals surface area contributed by atoms with Gasteiger partial charge in [-0.1, -0.05) is 30.7 Å². The van der Waals surface area contributed by atoms with E-state index in [1.165, 1.54) is 0 Å². The number of benzene rings is 1. The molecule has 27 heavy (non-hydrogen) atoms. The topological polar surface area (TPSA) is 73.2 Å². The van der Waals surface area contributed by atoms with E-state index >= 15 is 0 Å². The first kappa shape index (κ1) is 17.8. The summed E-state index contributed by atoms with van der Waals surface area (Å²) in [4.78, 5) is 24.8. The number of aromatic nitrogens is 2. The first-order chi connectivity index (χ1) is 13.2. The SMILES string of the molecule is O=C1C[C@@H](C(=O)NCc2ccccc2Cn2cccn2)C2(CCCCC2)O1. The lowest BCUT2D eigenvalue weighted by Crippen LogP contribution is -2.45. The predicted octanol–water partition coefficient (Wildman–Crippen LogP) is 2.81. The Morgan fingerprint density at radius 3 is 2.70 bits per heavy atom. The molecule has 1 atom stereocenters. The van der Waals surface area contributed by atoms with Crippen LogP contribution in [0.2, 0.25) is 0 Å². The Labute approximate surface area is 158 Å². The van der Waals surface area contributed by atoms with Crippen LogP contribution in [0.1, 0.15) is 49.7 Å². The number of carbonyl (C=O) groups is 2. The van der Waals surface area contributed by atoms with Crippen LogP contribution in [0.5, 0.6) is 0 Å². The molecular formula is C21H25N3O3. The summed E-state index contributed by atoms with van der Waals surface area (Å²) in [6, 6.07) is 9.93. The van der Waals surface area contributed by atoms with Gasteiger partial charge >= 0.3 is 5.97 Å². The number of hydrogen-bond donors (Lipinski definition) is 1. The van der Waals surface area contributed by atoms with Crippen molar-refractivity contribution in [3.05, 3.63) is 53.9 Å². The number of nitrogens with zero attached hydrogens (tertiary/aromatic N) is 2. The summed E-state index contributed by atoms with van der Waals surface area (Å²) >= 11 is 0. The van der Waals surface area contributed by atoms with Gasteiger partial charge in [0, 0.05) is 18.9 Å². The van der Waals surface area contributed by atoms with E-state index in [9.17, 15) is 9.59 Å². The van der Waals surface area contributed by atoms with Gasteiger partial charge in [-0.05, 0) is 42.9 Å². The first-order valence-corrected chi connectivity index (χ1v) is 9.70. The Morgan fingerprint density at radius 2 is 1.96 bits per heavy atom. The van der Waals surface area contributed by atoms with Gasteiger partial charge < -0.3 is 10.1 Å². The van der Waals surface area contributed by atoms with Crippen molar-refractivity contribution in [2.75, 3.05) is 0 Å². The van der Waals surface area contributed by atoms with Gasteiger partial charge in [0.2, 0.25) is 5.91 Å². The third-order valence-electron chi connectivity index (χ3n) is 5.80. The summed E-state index contributed by atoms with van der Waals surface area (Å²) in [7, 11) is 0. The zero-order valence-corrected chi connectivity index (χ0v) is 15.4. The maximum absolute atomic E-state index is 12.9. The molecule has 1 aliphatic heterocycles. The van der Waals surface area contributed by atoms with Gasteiger partial charge in [-0.3, -0.25) is 14.3 Å². The Morgan fingerprint density at radius 1 is 1.19 bits per heavy atom. The van der Waals surface area contributed by atoms with Gasteiger partial charge in [0.15, 0.2) is 0 Å². The number of hydrogen-bond acceptors (Lipinski definition) is 4. The fraction of sp³-hybridized carbons (Fsp3) is 0.476. The molecule has 0 bridgehead atoms. The Bertz CT molecular complexity index is 810. The second-order valence-electron chi connectivity index (χ2n) is 7.55. The molecule has 1 amide bonds. The lowest BCUT2D eigenvalue weighted by molar-refractivity contribution is -0.153. The van der Waals surface area contributed by atoms with E-state index < -0.39 is 5.60 Å². The van der Waals surface area contributed by atoms with Crippen molar-refractivity contribution in [1.82, 2.24) is 15.1 Å². The third kappa shape index (κ3) is 3.75. The smallest absolute Gasteiger partial charge is 0.307 e. The quantitative estimate of drug-likeness (QED) is 0.825. The summed E-state index contributed by atoms with van der Waals surface area (Å²) < 4.78 is 7.52. The van der Waals surface area contributed by atoms with E-state index in [1.54, 1.807) is 6.20 Å². The van der Waals surface area contributed by atoms with Crippen LogP contribution in [0.25, 0.3) is 0 Å². The van der Waals surface area contributed by atoms with Crippen LogP contribution in [-0.4, -0.2) is 27.3 Å². The molecule has 2 aliphatic rings. The van der Waals surface area contributed by atoms with Crippen molar-refractivity contribution < 1.29 is 14.3 Å². The van der Waals surface area contributed by atoms with Crippen molar-refractivity contribution in [1.29, 1.82) is 0 Å². The van der Waals surface area contributed by atoms with E-state index in [4.69, 9.17) is 4.74 Å². The normalized spacial score (nSPS) is 21.2. The second-order valence-corrected chi connectivity index (χ2v) is 7.55. The molecule has 1 aromatic heterocycles. The highest BCUT2D eigenvalue weighted by atomic mass is 16.6. The summed E-state index contributed by atoms with van der Waals surface area (Å²) in [5, 5.41) is 7.30. The molecule has 6 heteroatoms. The molecule has 2 heterocycles. The second kappa shape index (κ2) is 7.55. The summed E-state index contributed by atoms with van der Waals surface area (Å²) in [6.07, 6.45) is 8.65. The number of nitrogens with one attached hydrogen (secondary N) is 1.